The smallest absolute Gasteiger partial charge is 0.178 e. The van der Waals surface area contributed by atoms with Crippen LogP contribution in [-0.4, -0.2) is 21.1 Å². The van der Waals surface area contributed by atoms with Gasteiger partial charge in [0.1, 0.15) is 23.9 Å². The molecule has 2 heterocycles. The van der Waals surface area contributed by atoms with E-state index in [0.29, 0.717) is 18.1 Å². The third-order valence-corrected chi connectivity index (χ3v) is 4.07. The van der Waals surface area contributed by atoms with Crippen LogP contribution < -0.4 is 9.47 Å². The standard InChI is InChI=1S/C22H21N3O2.CH4/c1-15(2)27-20-11-10-17(26-14-16-7-4-3-5-8-16)13-18(20)21-24-19-9-6-12-23-22(19)25-21;/h3-13,15H,14H2,1-2H3,(H,23,24,25);1H4. The van der Waals surface area contributed by atoms with Gasteiger partial charge in [-0.25, -0.2) is 9.97 Å². The minimum absolute atomic E-state index is 0. The van der Waals surface area contributed by atoms with E-state index < -0.39 is 0 Å². The van der Waals surface area contributed by atoms with Crippen molar-refractivity contribution in [2.75, 3.05) is 0 Å². The Hall–Kier alpha value is -3.34. The second-order valence-corrected chi connectivity index (χ2v) is 6.56. The SMILES string of the molecule is C.CC(C)Oc1ccc(OCc2ccccc2)cc1-c1nc2ncccc2[nH]1. The van der Waals surface area contributed by atoms with Crippen LogP contribution in [0.4, 0.5) is 0 Å². The van der Waals surface area contributed by atoms with Gasteiger partial charge in [0.15, 0.2) is 5.65 Å². The molecule has 0 bridgehead atoms. The van der Waals surface area contributed by atoms with Crippen molar-refractivity contribution in [2.45, 2.75) is 34.0 Å². The molecule has 4 aromatic rings. The maximum atomic E-state index is 5.98. The molecule has 144 valence electrons. The topological polar surface area (TPSA) is 60.0 Å². The number of pyridine rings is 1. The molecule has 0 radical (unpaired) electrons. The van der Waals surface area contributed by atoms with Gasteiger partial charge in [0, 0.05) is 6.20 Å². The lowest BCUT2D eigenvalue weighted by molar-refractivity contribution is 0.242. The molecule has 0 atom stereocenters. The highest BCUT2D eigenvalue weighted by Crippen LogP contribution is 2.33. The lowest BCUT2D eigenvalue weighted by Gasteiger charge is -2.15. The van der Waals surface area contributed by atoms with Crippen molar-refractivity contribution in [3.8, 4) is 22.9 Å². The van der Waals surface area contributed by atoms with Crippen LogP contribution in [0.2, 0.25) is 0 Å². The molecule has 0 amide bonds. The van der Waals surface area contributed by atoms with Crippen molar-refractivity contribution in [3.05, 3.63) is 72.4 Å². The number of aromatic nitrogens is 3. The van der Waals surface area contributed by atoms with E-state index in [2.05, 4.69) is 15.0 Å². The van der Waals surface area contributed by atoms with Gasteiger partial charge in [0.2, 0.25) is 0 Å². The van der Waals surface area contributed by atoms with Gasteiger partial charge in [-0.1, -0.05) is 37.8 Å². The molecule has 0 aliphatic rings. The molecule has 5 heteroatoms. The zero-order valence-corrected chi connectivity index (χ0v) is 15.3. The molecule has 2 aromatic carbocycles. The lowest BCUT2D eigenvalue weighted by atomic mass is 10.1. The second kappa shape index (κ2) is 8.57. The Morgan fingerprint density at radius 2 is 1.82 bits per heavy atom. The molecule has 0 fully saturated rings. The van der Waals surface area contributed by atoms with E-state index in [4.69, 9.17) is 9.47 Å². The first kappa shape index (κ1) is 19.4. The molecule has 0 aliphatic carbocycles. The van der Waals surface area contributed by atoms with Crippen molar-refractivity contribution in [3.63, 3.8) is 0 Å². The largest absolute Gasteiger partial charge is 0.490 e. The number of rotatable bonds is 6. The molecular formula is C23H25N3O2. The van der Waals surface area contributed by atoms with Crippen molar-refractivity contribution < 1.29 is 9.47 Å². The maximum absolute atomic E-state index is 5.98. The quantitative estimate of drug-likeness (QED) is 0.475. The van der Waals surface area contributed by atoms with Gasteiger partial charge in [-0.2, -0.15) is 0 Å². The zero-order valence-electron chi connectivity index (χ0n) is 15.3. The monoisotopic (exact) mass is 375 g/mol. The molecule has 0 unspecified atom stereocenters. The lowest BCUT2D eigenvalue weighted by Crippen LogP contribution is -2.07. The average molecular weight is 375 g/mol. The number of imidazole rings is 1. The number of benzene rings is 2. The zero-order chi connectivity index (χ0) is 18.6. The van der Waals surface area contributed by atoms with Crippen molar-refractivity contribution in [1.29, 1.82) is 0 Å². The number of fused-ring (bicyclic) bond motifs is 1. The third-order valence-electron chi connectivity index (χ3n) is 4.07. The van der Waals surface area contributed by atoms with Crippen LogP contribution in [0, 0.1) is 0 Å². The summed E-state index contributed by atoms with van der Waals surface area (Å²) in [6.45, 7) is 4.51. The average Bonchev–Trinajstić information content (AvgIpc) is 3.11. The van der Waals surface area contributed by atoms with Crippen molar-refractivity contribution in [1.82, 2.24) is 15.0 Å². The molecule has 0 spiro atoms. The predicted octanol–water partition coefficient (Wildman–Crippen LogP) is 5.63. The fraction of sp³-hybridized carbons (Fsp3) is 0.217. The fourth-order valence-electron chi connectivity index (χ4n) is 2.85. The molecule has 2 aromatic heterocycles. The minimum atomic E-state index is 0. The van der Waals surface area contributed by atoms with Gasteiger partial charge in [-0.05, 0) is 49.7 Å². The van der Waals surface area contributed by atoms with Gasteiger partial charge < -0.3 is 14.5 Å². The van der Waals surface area contributed by atoms with E-state index in [1.165, 1.54) is 0 Å². The van der Waals surface area contributed by atoms with Crippen molar-refractivity contribution in [2.24, 2.45) is 0 Å². The normalized spacial score (nSPS) is 10.7. The van der Waals surface area contributed by atoms with Crippen LogP contribution in [0.3, 0.4) is 0 Å². The summed E-state index contributed by atoms with van der Waals surface area (Å²) in [4.78, 5) is 12.2. The van der Waals surface area contributed by atoms with E-state index in [-0.39, 0.29) is 13.5 Å². The van der Waals surface area contributed by atoms with E-state index >= 15 is 0 Å². The van der Waals surface area contributed by atoms with Gasteiger partial charge in [0.05, 0.1) is 17.2 Å². The summed E-state index contributed by atoms with van der Waals surface area (Å²) in [5.74, 6) is 2.24. The van der Waals surface area contributed by atoms with E-state index in [9.17, 15) is 0 Å². The highest BCUT2D eigenvalue weighted by molar-refractivity contribution is 5.78. The molecule has 0 saturated carbocycles. The summed E-state index contributed by atoms with van der Waals surface area (Å²) in [7, 11) is 0. The van der Waals surface area contributed by atoms with Crippen LogP contribution in [0.5, 0.6) is 11.5 Å². The van der Waals surface area contributed by atoms with Crippen LogP contribution in [0.1, 0.15) is 26.8 Å². The number of hydrogen-bond donors (Lipinski definition) is 1. The third kappa shape index (κ3) is 4.31. The fourth-order valence-corrected chi connectivity index (χ4v) is 2.85. The Bertz CT molecular complexity index is 1010. The van der Waals surface area contributed by atoms with E-state index in [1.54, 1.807) is 6.20 Å². The Morgan fingerprint density at radius 1 is 1.00 bits per heavy atom. The highest BCUT2D eigenvalue weighted by atomic mass is 16.5. The first-order valence-corrected chi connectivity index (χ1v) is 8.97. The second-order valence-electron chi connectivity index (χ2n) is 6.56. The first-order chi connectivity index (χ1) is 13.2. The number of hydrogen-bond acceptors (Lipinski definition) is 4. The summed E-state index contributed by atoms with van der Waals surface area (Å²) in [6.07, 6.45) is 1.79. The van der Waals surface area contributed by atoms with Crippen LogP contribution in [0.25, 0.3) is 22.6 Å². The minimum Gasteiger partial charge on any atom is -0.490 e. The summed E-state index contributed by atoms with van der Waals surface area (Å²) >= 11 is 0. The van der Waals surface area contributed by atoms with Crippen molar-refractivity contribution >= 4 is 11.2 Å². The molecule has 28 heavy (non-hydrogen) atoms. The summed E-state index contributed by atoms with van der Waals surface area (Å²) in [5, 5.41) is 0. The number of ether oxygens (including phenoxy) is 2. The van der Waals surface area contributed by atoms with E-state index in [0.717, 1.165) is 28.1 Å². The summed E-state index contributed by atoms with van der Waals surface area (Å²) in [5.41, 5.74) is 3.54. The number of H-pyrrole nitrogens is 1. The number of nitrogens with one attached hydrogen (secondary N) is 1. The van der Waals surface area contributed by atoms with Crippen LogP contribution >= 0.6 is 0 Å². The van der Waals surface area contributed by atoms with E-state index in [1.807, 2.05) is 74.5 Å². The van der Waals surface area contributed by atoms with Crippen LogP contribution in [0.15, 0.2) is 66.9 Å². The Morgan fingerprint density at radius 3 is 2.57 bits per heavy atom. The molecule has 4 rings (SSSR count). The first-order valence-electron chi connectivity index (χ1n) is 8.97. The Labute approximate surface area is 165 Å². The molecule has 0 aliphatic heterocycles. The molecule has 0 saturated heterocycles. The van der Waals surface area contributed by atoms with Gasteiger partial charge in [0.25, 0.3) is 0 Å². The number of aromatic amines is 1. The summed E-state index contributed by atoms with van der Waals surface area (Å²) < 4.78 is 12.0. The molecular weight excluding hydrogens is 350 g/mol. The van der Waals surface area contributed by atoms with Gasteiger partial charge in [-0.15, -0.1) is 0 Å². The predicted molar refractivity (Wildman–Crippen MR) is 113 cm³/mol. The molecule has 5 nitrogen and oxygen atoms in total. The highest BCUT2D eigenvalue weighted by Gasteiger charge is 2.14. The number of nitrogens with zero attached hydrogens (tertiary/aromatic N) is 2. The Kier molecular flexibility index (Phi) is 5.94. The van der Waals surface area contributed by atoms with Gasteiger partial charge in [-0.3, -0.25) is 0 Å². The van der Waals surface area contributed by atoms with Gasteiger partial charge >= 0.3 is 0 Å². The van der Waals surface area contributed by atoms with Crippen LogP contribution in [-0.2, 0) is 6.61 Å². The Balaban J connectivity index is 0.00000225. The molecule has 1 N–H and O–H groups in total. The summed E-state index contributed by atoms with van der Waals surface area (Å²) in [6, 6.07) is 19.7. The maximum Gasteiger partial charge on any atom is 0.178 e.